The number of aliphatic carboxylic acids is 1. The van der Waals surface area contributed by atoms with Crippen LogP contribution in [0.2, 0.25) is 0 Å². The molecule has 2 atom stereocenters. The van der Waals surface area contributed by atoms with E-state index in [2.05, 4.69) is 0 Å². The van der Waals surface area contributed by atoms with E-state index in [-0.39, 0.29) is 24.6 Å². The molecule has 1 aliphatic rings. The average Bonchev–Trinajstić information content (AvgIpc) is 2.28. The van der Waals surface area contributed by atoms with Crippen LogP contribution in [0, 0.1) is 5.82 Å². The summed E-state index contributed by atoms with van der Waals surface area (Å²) < 4.78 is 18.6. The first kappa shape index (κ1) is 13.0. The van der Waals surface area contributed by atoms with E-state index in [0.29, 0.717) is 13.1 Å². The van der Waals surface area contributed by atoms with Crippen molar-refractivity contribution >= 4 is 5.97 Å². The number of benzene rings is 1. The third-order valence-electron chi connectivity index (χ3n) is 2.94. The van der Waals surface area contributed by atoms with Crippen molar-refractivity contribution in [2.24, 2.45) is 0 Å². The normalized spacial score (nSPS) is 25.0. The SMILES string of the molecule is C[C@H]1CN(CC(=O)O)C[C@H](c2ccc(F)cc2)O1. The number of morpholine rings is 1. The molecule has 0 aliphatic carbocycles. The number of nitrogens with zero attached hydrogens (tertiary/aromatic N) is 1. The van der Waals surface area contributed by atoms with Gasteiger partial charge in [0, 0.05) is 13.1 Å². The van der Waals surface area contributed by atoms with E-state index < -0.39 is 5.97 Å². The summed E-state index contributed by atoms with van der Waals surface area (Å²) in [4.78, 5) is 12.6. The van der Waals surface area contributed by atoms with Crippen molar-refractivity contribution in [1.82, 2.24) is 4.90 Å². The molecule has 0 saturated carbocycles. The Morgan fingerprint density at radius 2 is 2.11 bits per heavy atom. The van der Waals surface area contributed by atoms with E-state index in [9.17, 15) is 9.18 Å². The van der Waals surface area contributed by atoms with E-state index in [0.717, 1.165) is 5.56 Å². The third-order valence-corrected chi connectivity index (χ3v) is 2.94. The smallest absolute Gasteiger partial charge is 0.317 e. The van der Waals surface area contributed by atoms with Gasteiger partial charge in [0.15, 0.2) is 0 Å². The Bertz CT molecular complexity index is 421. The summed E-state index contributed by atoms with van der Waals surface area (Å²) >= 11 is 0. The monoisotopic (exact) mass is 253 g/mol. The fraction of sp³-hybridized carbons (Fsp3) is 0.462. The van der Waals surface area contributed by atoms with Gasteiger partial charge >= 0.3 is 5.97 Å². The summed E-state index contributed by atoms with van der Waals surface area (Å²) in [6, 6.07) is 6.13. The van der Waals surface area contributed by atoms with Crippen LogP contribution < -0.4 is 0 Å². The van der Waals surface area contributed by atoms with E-state index in [1.54, 1.807) is 12.1 Å². The molecule has 98 valence electrons. The predicted octanol–water partition coefficient (Wildman–Crippen LogP) is 1.67. The molecule has 1 saturated heterocycles. The molecule has 18 heavy (non-hydrogen) atoms. The highest BCUT2D eigenvalue weighted by Gasteiger charge is 2.27. The van der Waals surface area contributed by atoms with Crippen LogP contribution >= 0.6 is 0 Å². The van der Waals surface area contributed by atoms with Crippen LogP contribution in [0.25, 0.3) is 0 Å². The molecule has 1 fully saturated rings. The van der Waals surface area contributed by atoms with Gasteiger partial charge in [-0.15, -0.1) is 0 Å². The summed E-state index contributed by atoms with van der Waals surface area (Å²) in [5.41, 5.74) is 0.873. The van der Waals surface area contributed by atoms with Crippen LogP contribution in [-0.2, 0) is 9.53 Å². The highest BCUT2D eigenvalue weighted by Crippen LogP contribution is 2.25. The first-order valence-corrected chi connectivity index (χ1v) is 5.89. The van der Waals surface area contributed by atoms with Crippen LogP contribution in [0.1, 0.15) is 18.6 Å². The van der Waals surface area contributed by atoms with Gasteiger partial charge in [-0.25, -0.2) is 4.39 Å². The topological polar surface area (TPSA) is 49.8 Å². The van der Waals surface area contributed by atoms with Crippen molar-refractivity contribution in [3.8, 4) is 0 Å². The number of ether oxygens (including phenoxy) is 1. The lowest BCUT2D eigenvalue weighted by molar-refractivity contribution is -0.142. The van der Waals surface area contributed by atoms with Crippen molar-refractivity contribution < 1.29 is 19.0 Å². The van der Waals surface area contributed by atoms with Crippen LogP contribution in [0.4, 0.5) is 4.39 Å². The van der Waals surface area contributed by atoms with Crippen molar-refractivity contribution in [2.45, 2.75) is 19.1 Å². The van der Waals surface area contributed by atoms with Crippen LogP contribution in [0.5, 0.6) is 0 Å². The summed E-state index contributed by atoms with van der Waals surface area (Å²) in [6.07, 6.45) is -0.234. The molecular formula is C13H16FNO3. The maximum absolute atomic E-state index is 12.9. The van der Waals surface area contributed by atoms with Crippen molar-refractivity contribution in [1.29, 1.82) is 0 Å². The van der Waals surface area contributed by atoms with E-state index in [4.69, 9.17) is 9.84 Å². The second-order valence-corrected chi connectivity index (χ2v) is 4.57. The third kappa shape index (κ3) is 3.27. The molecule has 0 radical (unpaired) electrons. The molecule has 0 amide bonds. The van der Waals surface area contributed by atoms with Gasteiger partial charge in [0.05, 0.1) is 18.8 Å². The molecule has 2 rings (SSSR count). The number of rotatable bonds is 3. The second kappa shape index (κ2) is 5.46. The molecule has 0 unspecified atom stereocenters. The van der Waals surface area contributed by atoms with Crippen molar-refractivity contribution in [2.75, 3.05) is 19.6 Å². The Kier molecular flexibility index (Phi) is 3.93. The summed E-state index contributed by atoms with van der Waals surface area (Å²) in [5, 5.41) is 8.81. The lowest BCUT2D eigenvalue weighted by Gasteiger charge is -2.36. The molecule has 5 heteroatoms. The summed E-state index contributed by atoms with van der Waals surface area (Å²) in [6.45, 7) is 3.03. The van der Waals surface area contributed by atoms with Gasteiger partial charge in [0.25, 0.3) is 0 Å². The lowest BCUT2D eigenvalue weighted by atomic mass is 10.1. The van der Waals surface area contributed by atoms with E-state index >= 15 is 0 Å². The minimum atomic E-state index is -0.845. The molecule has 1 aromatic carbocycles. The summed E-state index contributed by atoms with van der Waals surface area (Å²) in [7, 11) is 0. The van der Waals surface area contributed by atoms with E-state index in [1.165, 1.54) is 12.1 Å². The minimum Gasteiger partial charge on any atom is -0.480 e. The van der Waals surface area contributed by atoms with Crippen molar-refractivity contribution in [3.63, 3.8) is 0 Å². The summed E-state index contributed by atoms with van der Waals surface area (Å²) in [5.74, 6) is -1.13. The molecule has 0 aromatic heterocycles. The zero-order chi connectivity index (χ0) is 13.1. The molecule has 4 nitrogen and oxygen atoms in total. The Morgan fingerprint density at radius 3 is 2.72 bits per heavy atom. The quantitative estimate of drug-likeness (QED) is 0.890. The van der Waals surface area contributed by atoms with Gasteiger partial charge in [-0.3, -0.25) is 9.69 Å². The van der Waals surface area contributed by atoms with Gasteiger partial charge in [0.2, 0.25) is 0 Å². The molecular weight excluding hydrogens is 237 g/mol. The average molecular weight is 253 g/mol. The number of hydrogen-bond donors (Lipinski definition) is 1. The van der Waals surface area contributed by atoms with Crippen molar-refractivity contribution in [3.05, 3.63) is 35.6 Å². The van der Waals surface area contributed by atoms with Gasteiger partial charge in [0.1, 0.15) is 5.82 Å². The largest absolute Gasteiger partial charge is 0.480 e. The first-order chi connectivity index (χ1) is 8.54. The zero-order valence-electron chi connectivity index (χ0n) is 10.2. The Hall–Kier alpha value is -1.46. The van der Waals surface area contributed by atoms with Crippen LogP contribution in [0.15, 0.2) is 24.3 Å². The molecule has 0 spiro atoms. The Labute approximate surface area is 105 Å². The molecule has 1 aromatic rings. The lowest BCUT2D eigenvalue weighted by Crippen LogP contribution is -2.44. The van der Waals surface area contributed by atoms with E-state index in [1.807, 2.05) is 11.8 Å². The van der Waals surface area contributed by atoms with Gasteiger partial charge in [-0.1, -0.05) is 12.1 Å². The fourth-order valence-corrected chi connectivity index (χ4v) is 2.22. The standard InChI is InChI=1S/C13H16FNO3/c1-9-6-15(8-13(16)17)7-12(18-9)10-2-4-11(14)5-3-10/h2-5,9,12H,6-8H2,1H3,(H,16,17)/t9-,12+/m0/s1. The number of carboxylic acid groups (broad SMARTS) is 1. The second-order valence-electron chi connectivity index (χ2n) is 4.57. The molecule has 1 aliphatic heterocycles. The molecule has 1 N–H and O–H groups in total. The Morgan fingerprint density at radius 1 is 1.44 bits per heavy atom. The maximum Gasteiger partial charge on any atom is 0.317 e. The maximum atomic E-state index is 12.9. The zero-order valence-corrected chi connectivity index (χ0v) is 10.2. The van der Waals surface area contributed by atoms with Crippen LogP contribution in [0.3, 0.4) is 0 Å². The minimum absolute atomic E-state index is 0.00535. The molecule has 1 heterocycles. The first-order valence-electron chi connectivity index (χ1n) is 5.89. The number of carboxylic acids is 1. The fourth-order valence-electron chi connectivity index (χ4n) is 2.22. The Balaban J connectivity index is 2.08. The number of carbonyl (C=O) groups is 1. The van der Waals surface area contributed by atoms with Gasteiger partial charge < -0.3 is 9.84 Å². The number of hydrogen-bond acceptors (Lipinski definition) is 3. The van der Waals surface area contributed by atoms with Crippen LogP contribution in [-0.4, -0.2) is 41.7 Å². The predicted molar refractivity (Wildman–Crippen MR) is 63.8 cm³/mol. The highest BCUT2D eigenvalue weighted by molar-refractivity contribution is 5.69. The highest BCUT2D eigenvalue weighted by atomic mass is 19.1. The number of halogens is 1. The molecule has 0 bridgehead atoms. The van der Waals surface area contributed by atoms with Gasteiger partial charge in [-0.05, 0) is 24.6 Å². The van der Waals surface area contributed by atoms with Gasteiger partial charge in [-0.2, -0.15) is 0 Å².